The first-order valence-corrected chi connectivity index (χ1v) is 10.4. The lowest BCUT2D eigenvalue weighted by molar-refractivity contribution is -0.130. The minimum Gasteiger partial charge on any atom is -0.331 e. The maximum absolute atomic E-state index is 15.3. The number of anilines is 1. The number of alkyl halides is 1. The van der Waals surface area contributed by atoms with E-state index in [0.717, 1.165) is 27.9 Å². The second-order valence-electron chi connectivity index (χ2n) is 8.43. The summed E-state index contributed by atoms with van der Waals surface area (Å²) in [6, 6.07) is 8.21. The number of amides is 1. The Hall–Kier alpha value is -2.80. The standard InChI is InChI=1S/C23H28FN5O/c1-15(2)29-9-7-23(24,8-10-29)22(30)27-21-12-19-11-17(5-6-18(19)13-26-21)20-14-25-16(3)28(20)4/h5-6,11-15H,7-10H2,1-4H3,(H,26,27,30). The van der Waals surface area contributed by atoms with Gasteiger partial charge in [-0.05, 0) is 38.3 Å². The quantitative estimate of drug-likeness (QED) is 0.705. The second kappa shape index (κ2) is 7.80. The van der Waals surface area contributed by atoms with Crippen LogP contribution in [0.1, 0.15) is 32.5 Å². The van der Waals surface area contributed by atoms with Gasteiger partial charge in [-0.25, -0.2) is 14.4 Å². The number of nitrogens with one attached hydrogen (secondary N) is 1. The molecular formula is C23H28FN5O. The van der Waals surface area contributed by atoms with Crippen LogP contribution in [-0.4, -0.2) is 50.1 Å². The molecule has 1 N–H and O–H groups in total. The number of benzene rings is 1. The van der Waals surface area contributed by atoms with Crippen LogP contribution in [-0.2, 0) is 11.8 Å². The van der Waals surface area contributed by atoms with Crippen LogP contribution in [0.2, 0.25) is 0 Å². The van der Waals surface area contributed by atoms with Crippen molar-refractivity contribution in [2.24, 2.45) is 7.05 Å². The van der Waals surface area contributed by atoms with Crippen molar-refractivity contribution in [1.29, 1.82) is 0 Å². The van der Waals surface area contributed by atoms with Crippen molar-refractivity contribution in [1.82, 2.24) is 19.4 Å². The van der Waals surface area contributed by atoms with Gasteiger partial charge in [0.15, 0.2) is 5.67 Å². The van der Waals surface area contributed by atoms with Crippen molar-refractivity contribution in [3.8, 4) is 11.3 Å². The number of fused-ring (bicyclic) bond motifs is 1. The van der Waals surface area contributed by atoms with E-state index < -0.39 is 11.6 Å². The van der Waals surface area contributed by atoms with E-state index >= 15 is 4.39 Å². The zero-order chi connectivity index (χ0) is 21.5. The smallest absolute Gasteiger partial charge is 0.263 e. The molecule has 30 heavy (non-hydrogen) atoms. The van der Waals surface area contributed by atoms with Crippen molar-refractivity contribution in [3.63, 3.8) is 0 Å². The van der Waals surface area contributed by atoms with Gasteiger partial charge in [-0.2, -0.15) is 0 Å². The number of carbonyl (C=O) groups is 1. The molecule has 1 saturated heterocycles. The number of pyridine rings is 1. The Bertz CT molecular complexity index is 1080. The van der Waals surface area contributed by atoms with Crippen LogP contribution in [0.3, 0.4) is 0 Å². The van der Waals surface area contributed by atoms with E-state index in [0.29, 0.717) is 24.9 Å². The Morgan fingerprint density at radius 3 is 2.50 bits per heavy atom. The number of likely N-dealkylation sites (tertiary alicyclic amines) is 1. The summed E-state index contributed by atoms with van der Waals surface area (Å²) in [4.78, 5) is 23.5. The minimum absolute atomic E-state index is 0.203. The first-order chi connectivity index (χ1) is 14.3. The number of hydrogen-bond donors (Lipinski definition) is 1. The van der Waals surface area contributed by atoms with Crippen LogP contribution in [0.4, 0.5) is 10.2 Å². The lowest BCUT2D eigenvalue weighted by Crippen LogP contribution is -2.50. The predicted molar refractivity (Wildman–Crippen MR) is 117 cm³/mol. The van der Waals surface area contributed by atoms with E-state index in [-0.39, 0.29) is 12.8 Å². The molecule has 1 fully saturated rings. The number of piperidine rings is 1. The lowest BCUT2D eigenvalue weighted by atomic mass is 9.91. The van der Waals surface area contributed by atoms with Gasteiger partial charge in [0.1, 0.15) is 11.6 Å². The number of nitrogens with zero attached hydrogens (tertiary/aromatic N) is 4. The molecule has 158 valence electrons. The molecular weight excluding hydrogens is 381 g/mol. The summed E-state index contributed by atoms with van der Waals surface area (Å²) in [6.45, 7) is 7.30. The van der Waals surface area contributed by atoms with E-state index in [1.54, 1.807) is 12.3 Å². The first-order valence-electron chi connectivity index (χ1n) is 10.4. The third-order valence-corrected chi connectivity index (χ3v) is 6.21. The highest BCUT2D eigenvalue weighted by atomic mass is 19.1. The van der Waals surface area contributed by atoms with E-state index in [4.69, 9.17) is 0 Å². The SMILES string of the molecule is Cc1ncc(-c2ccc3cnc(NC(=O)C4(F)CCN(C(C)C)CC4)cc3c2)n1C. The van der Waals surface area contributed by atoms with E-state index in [2.05, 4.69) is 34.0 Å². The molecule has 3 aromatic rings. The molecule has 0 radical (unpaired) electrons. The van der Waals surface area contributed by atoms with Gasteiger partial charge >= 0.3 is 0 Å². The summed E-state index contributed by atoms with van der Waals surface area (Å²) in [5, 5.41) is 4.59. The third-order valence-electron chi connectivity index (χ3n) is 6.21. The molecule has 1 aliphatic rings. The summed E-state index contributed by atoms with van der Waals surface area (Å²) < 4.78 is 17.3. The normalized spacial score (nSPS) is 16.9. The molecule has 0 spiro atoms. The number of hydrogen-bond acceptors (Lipinski definition) is 4. The van der Waals surface area contributed by atoms with Gasteiger partial charge in [-0.3, -0.25) is 4.79 Å². The predicted octanol–water partition coefficient (Wildman–Crippen LogP) is 4.09. The molecule has 0 saturated carbocycles. The molecule has 3 heterocycles. The molecule has 0 aliphatic carbocycles. The largest absolute Gasteiger partial charge is 0.331 e. The summed E-state index contributed by atoms with van der Waals surface area (Å²) in [6.07, 6.45) is 3.95. The summed E-state index contributed by atoms with van der Waals surface area (Å²) >= 11 is 0. The fraction of sp³-hybridized carbons (Fsp3) is 0.435. The van der Waals surface area contributed by atoms with E-state index in [1.165, 1.54) is 0 Å². The summed E-state index contributed by atoms with van der Waals surface area (Å²) in [5.41, 5.74) is 0.185. The van der Waals surface area contributed by atoms with Crippen LogP contribution in [0, 0.1) is 6.92 Å². The van der Waals surface area contributed by atoms with Gasteiger partial charge in [0.25, 0.3) is 5.91 Å². The summed E-state index contributed by atoms with van der Waals surface area (Å²) in [7, 11) is 1.98. The topological polar surface area (TPSA) is 63.1 Å². The van der Waals surface area contributed by atoms with Gasteiger partial charge in [0.05, 0.1) is 11.9 Å². The zero-order valence-corrected chi connectivity index (χ0v) is 17.9. The maximum Gasteiger partial charge on any atom is 0.263 e. The van der Waals surface area contributed by atoms with E-state index in [9.17, 15) is 4.79 Å². The van der Waals surface area contributed by atoms with Gasteiger partial charge in [-0.15, -0.1) is 0 Å². The van der Waals surface area contributed by atoms with Crippen LogP contribution in [0.5, 0.6) is 0 Å². The number of carbonyl (C=O) groups excluding carboxylic acids is 1. The Labute approximate surface area is 176 Å². The average molecular weight is 410 g/mol. The number of aromatic nitrogens is 3. The highest BCUT2D eigenvalue weighted by Gasteiger charge is 2.42. The molecule has 1 aliphatic heterocycles. The minimum atomic E-state index is -1.85. The molecule has 0 unspecified atom stereocenters. The monoisotopic (exact) mass is 409 g/mol. The number of halogens is 1. The maximum atomic E-state index is 15.3. The summed E-state index contributed by atoms with van der Waals surface area (Å²) in [5.74, 6) is 0.704. The molecule has 1 aromatic carbocycles. The fourth-order valence-electron chi connectivity index (χ4n) is 3.99. The van der Waals surface area contributed by atoms with Crippen LogP contribution in [0.25, 0.3) is 22.0 Å². The van der Waals surface area contributed by atoms with Crippen LogP contribution < -0.4 is 5.32 Å². The third kappa shape index (κ3) is 3.81. The molecule has 6 nitrogen and oxygen atoms in total. The lowest BCUT2D eigenvalue weighted by Gasteiger charge is -2.37. The second-order valence-corrected chi connectivity index (χ2v) is 8.43. The van der Waals surface area contributed by atoms with E-state index in [1.807, 2.05) is 42.9 Å². The fourth-order valence-corrected chi connectivity index (χ4v) is 3.99. The molecule has 7 heteroatoms. The van der Waals surface area contributed by atoms with Crippen molar-refractivity contribution in [2.75, 3.05) is 18.4 Å². The molecule has 2 aromatic heterocycles. The Balaban J connectivity index is 1.54. The Morgan fingerprint density at radius 1 is 1.13 bits per heavy atom. The number of aryl methyl sites for hydroxylation is 1. The van der Waals surface area contributed by atoms with Gasteiger partial charge in [0.2, 0.25) is 0 Å². The van der Waals surface area contributed by atoms with Crippen molar-refractivity contribution < 1.29 is 9.18 Å². The zero-order valence-electron chi connectivity index (χ0n) is 17.9. The molecule has 4 rings (SSSR count). The van der Waals surface area contributed by atoms with Crippen molar-refractivity contribution in [3.05, 3.63) is 42.5 Å². The van der Waals surface area contributed by atoms with Crippen LogP contribution >= 0.6 is 0 Å². The highest BCUT2D eigenvalue weighted by Crippen LogP contribution is 2.30. The van der Waals surface area contributed by atoms with Crippen LogP contribution in [0.15, 0.2) is 36.7 Å². The molecule has 0 bridgehead atoms. The van der Waals surface area contributed by atoms with Gasteiger partial charge < -0.3 is 14.8 Å². The molecule has 0 atom stereocenters. The van der Waals surface area contributed by atoms with Gasteiger partial charge in [0, 0.05) is 56.2 Å². The number of rotatable bonds is 4. The van der Waals surface area contributed by atoms with Crippen molar-refractivity contribution >= 4 is 22.5 Å². The number of imidazole rings is 1. The average Bonchev–Trinajstić information content (AvgIpc) is 3.06. The highest BCUT2D eigenvalue weighted by molar-refractivity contribution is 5.98. The Morgan fingerprint density at radius 2 is 1.87 bits per heavy atom. The molecule has 1 amide bonds. The van der Waals surface area contributed by atoms with Crippen molar-refractivity contribution in [2.45, 2.75) is 45.3 Å². The Kier molecular flexibility index (Phi) is 5.32. The first kappa shape index (κ1) is 20.5. The van der Waals surface area contributed by atoms with Gasteiger partial charge in [-0.1, -0.05) is 12.1 Å².